The molecule has 1 aromatic rings. The molecule has 128 valence electrons. The average molecular weight is 337 g/mol. The van der Waals surface area contributed by atoms with Crippen LogP contribution in [-0.2, 0) is 11.2 Å². The van der Waals surface area contributed by atoms with Gasteiger partial charge in [-0.3, -0.25) is 0 Å². The van der Waals surface area contributed by atoms with E-state index in [4.69, 9.17) is 4.74 Å². The van der Waals surface area contributed by atoms with Crippen molar-refractivity contribution < 1.29 is 4.74 Å². The normalized spacial score (nSPS) is 33.2. The van der Waals surface area contributed by atoms with Crippen LogP contribution in [0.1, 0.15) is 42.7 Å². The summed E-state index contributed by atoms with van der Waals surface area (Å²) in [6.07, 6.45) is 6.61. The first kappa shape index (κ1) is 17.2. The van der Waals surface area contributed by atoms with Crippen LogP contribution in [0.2, 0.25) is 0 Å². The Bertz CT molecular complexity index is 504. The lowest BCUT2D eigenvalue weighted by atomic mass is 9.93. The van der Waals surface area contributed by atoms with Gasteiger partial charge in [0.1, 0.15) is 0 Å². The smallest absolute Gasteiger partial charge is 0.0623 e. The van der Waals surface area contributed by atoms with Crippen LogP contribution in [-0.4, -0.2) is 38.4 Å². The summed E-state index contributed by atoms with van der Waals surface area (Å²) in [5.41, 5.74) is 3.16. The van der Waals surface area contributed by atoms with Crippen molar-refractivity contribution in [3.8, 4) is 0 Å². The standard InChI is InChI=1S/C19H28N2O.ClH/c1-2-5-16-14(4-1)8-9-15(16)12-21-18-7-3-6-17(18)19-13-22-11-10-20-19;/h1-2,4-5,15,17-21H,3,6-13H2;1H. The number of benzene rings is 1. The summed E-state index contributed by atoms with van der Waals surface area (Å²) in [5, 5.41) is 7.59. The quantitative estimate of drug-likeness (QED) is 0.887. The van der Waals surface area contributed by atoms with Crippen molar-refractivity contribution in [1.29, 1.82) is 0 Å². The number of nitrogens with one attached hydrogen (secondary N) is 2. The van der Waals surface area contributed by atoms with E-state index in [1.165, 1.54) is 32.1 Å². The molecule has 4 unspecified atom stereocenters. The Hall–Kier alpha value is -0.610. The molecule has 1 aromatic carbocycles. The van der Waals surface area contributed by atoms with Crippen LogP contribution < -0.4 is 10.6 Å². The van der Waals surface area contributed by atoms with Crippen LogP contribution in [0.25, 0.3) is 0 Å². The first-order valence-corrected chi connectivity index (χ1v) is 9.04. The average Bonchev–Trinajstić information content (AvgIpc) is 3.20. The molecule has 3 nitrogen and oxygen atoms in total. The molecule has 1 aliphatic heterocycles. The molecular formula is C19H29ClN2O. The van der Waals surface area contributed by atoms with Crippen LogP contribution in [0.5, 0.6) is 0 Å². The fraction of sp³-hybridized carbons (Fsp3) is 0.684. The molecule has 0 spiro atoms. The third-order valence-corrected chi connectivity index (χ3v) is 5.92. The first-order chi connectivity index (χ1) is 10.9. The Morgan fingerprint density at radius 2 is 2.09 bits per heavy atom. The molecule has 1 heterocycles. The van der Waals surface area contributed by atoms with E-state index in [0.29, 0.717) is 18.0 Å². The largest absolute Gasteiger partial charge is 0.379 e. The van der Waals surface area contributed by atoms with E-state index >= 15 is 0 Å². The second-order valence-corrected chi connectivity index (χ2v) is 7.18. The Morgan fingerprint density at radius 3 is 2.96 bits per heavy atom. The van der Waals surface area contributed by atoms with Crippen molar-refractivity contribution in [2.75, 3.05) is 26.3 Å². The van der Waals surface area contributed by atoms with Crippen LogP contribution >= 0.6 is 12.4 Å². The molecule has 4 atom stereocenters. The number of aryl methyl sites for hydroxylation is 1. The van der Waals surface area contributed by atoms with Crippen molar-refractivity contribution in [3.63, 3.8) is 0 Å². The number of hydrogen-bond acceptors (Lipinski definition) is 3. The second kappa shape index (κ2) is 7.98. The van der Waals surface area contributed by atoms with E-state index in [9.17, 15) is 0 Å². The third kappa shape index (κ3) is 3.74. The van der Waals surface area contributed by atoms with Gasteiger partial charge in [-0.05, 0) is 48.6 Å². The minimum atomic E-state index is 0. The molecular weight excluding hydrogens is 308 g/mol. The van der Waals surface area contributed by atoms with Gasteiger partial charge in [-0.25, -0.2) is 0 Å². The first-order valence-electron chi connectivity index (χ1n) is 9.04. The zero-order chi connectivity index (χ0) is 14.8. The highest BCUT2D eigenvalue weighted by Crippen LogP contribution is 2.34. The van der Waals surface area contributed by atoms with E-state index < -0.39 is 0 Å². The van der Waals surface area contributed by atoms with Crippen molar-refractivity contribution in [1.82, 2.24) is 10.6 Å². The van der Waals surface area contributed by atoms with Crippen molar-refractivity contribution in [3.05, 3.63) is 35.4 Å². The Morgan fingerprint density at radius 1 is 1.17 bits per heavy atom. The summed E-state index contributed by atoms with van der Waals surface area (Å²) in [5.74, 6) is 1.46. The fourth-order valence-corrected chi connectivity index (χ4v) is 4.74. The van der Waals surface area contributed by atoms with Crippen molar-refractivity contribution >= 4 is 12.4 Å². The highest BCUT2D eigenvalue weighted by molar-refractivity contribution is 5.85. The van der Waals surface area contributed by atoms with Gasteiger partial charge in [0.15, 0.2) is 0 Å². The molecule has 1 saturated heterocycles. The zero-order valence-electron chi connectivity index (χ0n) is 13.8. The molecule has 1 saturated carbocycles. The molecule has 2 aliphatic carbocycles. The Balaban J connectivity index is 0.00000156. The van der Waals surface area contributed by atoms with Gasteiger partial charge < -0.3 is 15.4 Å². The van der Waals surface area contributed by atoms with E-state index in [0.717, 1.165) is 32.2 Å². The number of morpholine rings is 1. The topological polar surface area (TPSA) is 33.3 Å². The number of rotatable bonds is 4. The van der Waals surface area contributed by atoms with Gasteiger partial charge in [-0.15, -0.1) is 12.4 Å². The van der Waals surface area contributed by atoms with Gasteiger partial charge >= 0.3 is 0 Å². The summed E-state index contributed by atoms with van der Waals surface area (Å²) >= 11 is 0. The van der Waals surface area contributed by atoms with E-state index in [-0.39, 0.29) is 12.4 Å². The van der Waals surface area contributed by atoms with E-state index in [1.807, 2.05) is 0 Å². The van der Waals surface area contributed by atoms with E-state index in [2.05, 4.69) is 34.9 Å². The van der Waals surface area contributed by atoms with Gasteiger partial charge in [-0.2, -0.15) is 0 Å². The number of ether oxygens (including phenoxy) is 1. The van der Waals surface area contributed by atoms with Crippen LogP contribution in [0, 0.1) is 5.92 Å². The molecule has 2 fully saturated rings. The fourth-order valence-electron chi connectivity index (χ4n) is 4.74. The summed E-state index contributed by atoms with van der Waals surface area (Å²) in [7, 11) is 0. The van der Waals surface area contributed by atoms with Gasteiger partial charge in [0, 0.05) is 25.2 Å². The third-order valence-electron chi connectivity index (χ3n) is 5.92. The Labute approximate surface area is 146 Å². The Kier molecular flexibility index (Phi) is 5.97. The molecule has 23 heavy (non-hydrogen) atoms. The van der Waals surface area contributed by atoms with Gasteiger partial charge in [0.05, 0.1) is 13.2 Å². The highest BCUT2D eigenvalue weighted by Gasteiger charge is 2.35. The lowest BCUT2D eigenvalue weighted by Crippen LogP contribution is -2.51. The van der Waals surface area contributed by atoms with Crippen LogP contribution in [0.15, 0.2) is 24.3 Å². The number of hydrogen-bond donors (Lipinski definition) is 2. The van der Waals surface area contributed by atoms with Crippen LogP contribution in [0.3, 0.4) is 0 Å². The maximum Gasteiger partial charge on any atom is 0.0623 e. The molecule has 0 amide bonds. The lowest BCUT2D eigenvalue weighted by molar-refractivity contribution is 0.0524. The molecule has 3 aliphatic rings. The predicted molar refractivity (Wildman–Crippen MR) is 96.5 cm³/mol. The minimum Gasteiger partial charge on any atom is -0.379 e. The molecule has 4 rings (SSSR count). The molecule has 2 N–H and O–H groups in total. The predicted octanol–water partition coefficient (Wildman–Crippen LogP) is 2.88. The summed E-state index contributed by atoms with van der Waals surface area (Å²) in [6.45, 7) is 3.94. The summed E-state index contributed by atoms with van der Waals surface area (Å²) in [6, 6.07) is 10.2. The zero-order valence-corrected chi connectivity index (χ0v) is 14.6. The van der Waals surface area contributed by atoms with Gasteiger partial charge in [-0.1, -0.05) is 30.7 Å². The second-order valence-electron chi connectivity index (χ2n) is 7.18. The summed E-state index contributed by atoms with van der Waals surface area (Å²) in [4.78, 5) is 0. The van der Waals surface area contributed by atoms with E-state index in [1.54, 1.807) is 11.1 Å². The highest BCUT2D eigenvalue weighted by atomic mass is 35.5. The molecule has 4 heteroatoms. The van der Waals surface area contributed by atoms with Crippen molar-refractivity contribution in [2.24, 2.45) is 5.92 Å². The number of fused-ring (bicyclic) bond motifs is 1. The maximum atomic E-state index is 5.68. The van der Waals surface area contributed by atoms with Crippen LogP contribution in [0.4, 0.5) is 0 Å². The molecule has 0 bridgehead atoms. The number of halogens is 1. The molecule has 0 aromatic heterocycles. The summed E-state index contributed by atoms with van der Waals surface area (Å²) < 4.78 is 5.68. The monoisotopic (exact) mass is 336 g/mol. The minimum absolute atomic E-state index is 0. The van der Waals surface area contributed by atoms with Gasteiger partial charge in [0.2, 0.25) is 0 Å². The van der Waals surface area contributed by atoms with Crippen molar-refractivity contribution in [2.45, 2.75) is 50.1 Å². The maximum absolute atomic E-state index is 5.68. The van der Waals surface area contributed by atoms with Gasteiger partial charge in [0.25, 0.3) is 0 Å². The lowest BCUT2D eigenvalue weighted by Gasteiger charge is -2.33. The molecule has 0 radical (unpaired) electrons. The SMILES string of the molecule is Cl.c1ccc2c(c1)CCC2CNC1CCCC1C1COCCN1.